The van der Waals surface area contributed by atoms with E-state index in [4.69, 9.17) is 10.8 Å². The van der Waals surface area contributed by atoms with Gasteiger partial charge >= 0.3 is 5.97 Å². The SMILES string of the molecule is CCCCCCCCCCC/C=C/CCCCCCC(=O)NCCCC[C@H](N)C(=O)O. The molecule has 0 fully saturated rings. The van der Waals surface area contributed by atoms with Crippen LogP contribution in [0.3, 0.4) is 0 Å². The maximum atomic E-state index is 11.8. The summed E-state index contributed by atoms with van der Waals surface area (Å²) in [5, 5.41) is 11.6. The molecule has 5 nitrogen and oxygen atoms in total. The monoisotopic (exact) mass is 438 g/mol. The zero-order valence-corrected chi connectivity index (χ0v) is 20.2. The number of carboxylic acid groups (broad SMARTS) is 1. The van der Waals surface area contributed by atoms with Gasteiger partial charge in [-0.15, -0.1) is 0 Å². The molecule has 0 unspecified atom stereocenters. The maximum Gasteiger partial charge on any atom is 0.320 e. The van der Waals surface area contributed by atoms with Gasteiger partial charge in [0, 0.05) is 13.0 Å². The van der Waals surface area contributed by atoms with Crippen molar-refractivity contribution in [1.82, 2.24) is 5.32 Å². The number of nitrogens with two attached hydrogens (primary N) is 1. The van der Waals surface area contributed by atoms with E-state index < -0.39 is 12.0 Å². The molecule has 0 aliphatic heterocycles. The normalized spacial score (nSPS) is 12.3. The Hall–Kier alpha value is -1.36. The van der Waals surface area contributed by atoms with Crippen molar-refractivity contribution in [3.63, 3.8) is 0 Å². The first-order valence-corrected chi connectivity index (χ1v) is 13.0. The highest BCUT2D eigenvalue weighted by molar-refractivity contribution is 5.75. The Morgan fingerprint density at radius 3 is 1.84 bits per heavy atom. The summed E-state index contributed by atoms with van der Waals surface area (Å²) in [4.78, 5) is 22.4. The summed E-state index contributed by atoms with van der Waals surface area (Å²) in [6.07, 6.45) is 26.5. The molecule has 0 spiro atoms. The highest BCUT2D eigenvalue weighted by Gasteiger charge is 2.10. The number of carbonyl (C=O) groups is 2. The minimum Gasteiger partial charge on any atom is -0.480 e. The molecule has 0 aliphatic rings. The molecule has 0 radical (unpaired) electrons. The zero-order valence-electron chi connectivity index (χ0n) is 20.2. The van der Waals surface area contributed by atoms with Gasteiger partial charge in [0.25, 0.3) is 0 Å². The number of nitrogens with one attached hydrogen (secondary N) is 1. The quantitative estimate of drug-likeness (QED) is 0.125. The van der Waals surface area contributed by atoms with Gasteiger partial charge in [-0.2, -0.15) is 0 Å². The molecule has 0 saturated heterocycles. The van der Waals surface area contributed by atoms with E-state index in [0.717, 1.165) is 32.1 Å². The molecule has 0 aromatic heterocycles. The van der Waals surface area contributed by atoms with Crippen LogP contribution in [-0.2, 0) is 9.59 Å². The fraction of sp³-hybridized carbons (Fsp3) is 0.846. The van der Waals surface area contributed by atoms with Crippen LogP contribution >= 0.6 is 0 Å². The van der Waals surface area contributed by atoms with Crippen LogP contribution in [0.25, 0.3) is 0 Å². The molecule has 0 rings (SSSR count). The standard InChI is InChI=1S/C26H50N2O3/c1-2-3-4-5-6-7-8-9-10-11-12-13-14-15-16-17-18-22-25(29)28-23-20-19-21-24(27)26(30)31/h12-13,24H,2-11,14-23,27H2,1H3,(H,28,29)(H,30,31)/b13-12+/t24-/m0/s1. The Balaban J connectivity index is 3.27. The predicted octanol–water partition coefficient (Wildman–Crippen LogP) is 6.50. The van der Waals surface area contributed by atoms with Crippen molar-refractivity contribution in [3.05, 3.63) is 12.2 Å². The fourth-order valence-electron chi connectivity index (χ4n) is 3.64. The van der Waals surface area contributed by atoms with Gasteiger partial charge in [0.15, 0.2) is 0 Å². The number of hydrogen-bond acceptors (Lipinski definition) is 3. The molecule has 0 heterocycles. The zero-order chi connectivity index (χ0) is 23.0. The van der Waals surface area contributed by atoms with E-state index in [1.165, 1.54) is 77.0 Å². The third-order valence-electron chi connectivity index (χ3n) is 5.75. The van der Waals surface area contributed by atoms with E-state index >= 15 is 0 Å². The number of allylic oxidation sites excluding steroid dienone is 2. The fourth-order valence-corrected chi connectivity index (χ4v) is 3.64. The second-order valence-electron chi connectivity index (χ2n) is 8.83. The molecule has 182 valence electrons. The van der Waals surface area contributed by atoms with Crippen LogP contribution in [0.5, 0.6) is 0 Å². The lowest BCUT2D eigenvalue weighted by Gasteiger charge is -2.07. The van der Waals surface area contributed by atoms with Crippen LogP contribution < -0.4 is 11.1 Å². The van der Waals surface area contributed by atoms with Crippen molar-refractivity contribution in [2.45, 2.75) is 135 Å². The Labute approximate surface area is 191 Å². The maximum absolute atomic E-state index is 11.8. The lowest BCUT2D eigenvalue weighted by atomic mass is 10.1. The molecule has 4 N–H and O–H groups in total. The van der Waals surface area contributed by atoms with Crippen molar-refractivity contribution in [2.24, 2.45) is 5.73 Å². The lowest BCUT2D eigenvalue weighted by Crippen LogP contribution is -2.30. The largest absolute Gasteiger partial charge is 0.480 e. The molecule has 5 heteroatoms. The number of carboxylic acids is 1. The average molecular weight is 439 g/mol. The number of rotatable bonds is 23. The van der Waals surface area contributed by atoms with Gasteiger partial charge in [-0.25, -0.2) is 0 Å². The predicted molar refractivity (Wildman–Crippen MR) is 131 cm³/mol. The molecule has 1 amide bonds. The van der Waals surface area contributed by atoms with Crippen LogP contribution in [0.2, 0.25) is 0 Å². The minimum atomic E-state index is -0.960. The summed E-state index contributed by atoms with van der Waals surface area (Å²) in [6, 6.07) is -0.791. The van der Waals surface area contributed by atoms with E-state index in [0.29, 0.717) is 19.4 Å². The molecule has 0 saturated carbocycles. The van der Waals surface area contributed by atoms with E-state index in [2.05, 4.69) is 24.4 Å². The van der Waals surface area contributed by atoms with E-state index in [1.54, 1.807) is 0 Å². The molecule has 1 atom stereocenters. The molecular weight excluding hydrogens is 388 g/mol. The summed E-state index contributed by atoms with van der Waals surface area (Å²) in [6.45, 7) is 2.88. The highest BCUT2D eigenvalue weighted by atomic mass is 16.4. The Morgan fingerprint density at radius 2 is 1.29 bits per heavy atom. The summed E-state index contributed by atoms with van der Waals surface area (Å²) >= 11 is 0. The van der Waals surface area contributed by atoms with Gasteiger partial charge in [0.05, 0.1) is 0 Å². The molecular formula is C26H50N2O3. The van der Waals surface area contributed by atoms with E-state index in [1.807, 2.05) is 0 Å². The molecule has 0 aromatic carbocycles. The minimum absolute atomic E-state index is 0.100. The second kappa shape index (κ2) is 23.3. The lowest BCUT2D eigenvalue weighted by molar-refractivity contribution is -0.138. The van der Waals surface area contributed by atoms with Crippen molar-refractivity contribution in [1.29, 1.82) is 0 Å². The summed E-state index contributed by atoms with van der Waals surface area (Å²) in [7, 11) is 0. The number of unbranched alkanes of at least 4 members (excludes halogenated alkanes) is 14. The summed E-state index contributed by atoms with van der Waals surface area (Å²) < 4.78 is 0. The van der Waals surface area contributed by atoms with Gasteiger partial charge < -0.3 is 16.2 Å². The van der Waals surface area contributed by atoms with Gasteiger partial charge in [0.1, 0.15) is 6.04 Å². The van der Waals surface area contributed by atoms with Crippen molar-refractivity contribution >= 4 is 11.9 Å². The van der Waals surface area contributed by atoms with Gasteiger partial charge in [-0.1, -0.05) is 83.3 Å². The van der Waals surface area contributed by atoms with Crippen molar-refractivity contribution in [2.75, 3.05) is 6.54 Å². The smallest absolute Gasteiger partial charge is 0.320 e. The number of hydrogen-bond donors (Lipinski definition) is 3. The number of amides is 1. The van der Waals surface area contributed by atoms with Gasteiger partial charge in [0.2, 0.25) is 5.91 Å². The van der Waals surface area contributed by atoms with Crippen molar-refractivity contribution in [3.8, 4) is 0 Å². The van der Waals surface area contributed by atoms with E-state index in [9.17, 15) is 9.59 Å². The van der Waals surface area contributed by atoms with Crippen LogP contribution in [0.15, 0.2) is 12.2 Å². The molecule has 0 aliphatic carbocycles. The first-order valence-electron chi connectivity index (χ1n) is 13.0. The number of aliphatic carboxylic acids is 1. The average Bonchev–Trinajstić information content (AvgIpc) is 2.75. The molecule has 0 bridgehead atoms. The summed E-state index contributed by atoms with van der Waals surface area (Å²) in [5.41, 5.74) is 5.44. The van der Waals surface area contributed by atoms with Crippen LogP contribution in [0, 0.1) is 0 Å². The first-order chi connectivity index (χ1) is 15.1. The highest BCUT2D eigenvalue weighted by Crippen LogP contribution is 2.11. The molecule has 0 aromatic rings. The third-order valence-corrected chi connectivity index (χ3v) is 5.75. The van der Waals surface area contributed by atoms with Gasteiger partial charge in [-0.3, -0.25) is 9.59 Å². The Bertz CT molecular complexity index is 452. The Morgan fingerprint density at radius 1 is 0.774 bits per heavy atom. The van der Waals surface area contributed by atoms with E-state index in [-0.39, 0.29) is 5.91 Å². The second-order valence-corrected chi connectivity index (χ2v) is 8.83. The van der Waals surface area contributed by atoms with Crippen molar-refractivity contribution < 1.29 is 14.7 Å². The molecule has 31 heavy (non-hydrogen) atoms. The Kier molecular flexibility index (Phi) is 22.3. The first kappa shape index (κ1) is 29.6. The number of carbonyl (C=O) groups excluding carboxylic acids is 1. The third kappa shape index (κ3) is 23.1. The van der Waals surface area contributed by atoms with Crippen LogP contribution in [0.4, 0.5) is 0 Å². The van der Waals surface area contributed by atoms with Crippen LogP contribution in [-0.4, -0.2) is 29.6 Å². The topological polar surface area (TPSA) is 92.4 Å². The van der Waals surface area contributed by atoms with Crippen LogP contribution in [0.1, 0.15) is 129 Å². The van der Waals surface area contributed by atoms with Gasteiger partial charge in [-0.05, 0) is 51.4 Å². The summed E-state index contributed by atoms with van der Waals surface area (Å²) in [5.74, 6) is -0.860.